The molecule has 0 aliphatic carbocycles. The van der Waals surface area contributed by atoms with Crippen LogP contribution in [0.3, 0.4) is 0 Å². The summed E-state index contributed by atoms with van der Waals surface area (Å²) in [5.74, 6) is -0.978. The molecule has 4 nitrogen and oxygen atoms in total. The van der Waals surface area contributed by atoms with Crippen molar-refractivity contribution >= 4 is 17.6 Å². The largest absolute Gasteiger partial charge is 0.478 e. The van der Waals surface area contributed by atoms with Crippen molar-refractivity contribution in [2.45, 2.75) is 20.8 Å². The van der Waals surface area contributed by atoms with Gasteiger partial charge in [0.2, 0.25) is 0 Å². The Labute approximate surface area is 110 Å². The van der Waals surface area contributed by atoms with E-state index in [2.05, 4.69) is 5.10 Å². The van der Waals surface area contributed by atoms with Crippen LogP contribution < -0.4 is 0 Å². The predicted octanol–water partition coefficient (Wildman–Crippen LogP) is 3.15. The van der Waals surface area contributed by atoms with Gasteiger partial charge in [0.05, 0.1) is 27.7 Å². The molecular weight excluding hydrogens is 252 g/mol. The molecule has 0 radical (unpaired) electrons. The van der Waals surface area contributed by atoms with Crippen LogP contribution in [0, 0.1) is 20.8 Å². The molecule has 1 aromatic carbocycles. The summed E-state index contributed by atoms with van der Waals surface area (Å²) in [4.78, 5) is 11.2. The molecule has 0 aliphatic heterocycles. The Morgan fingerprint density at radius 2 is 2.00 bits per heavy atom. The molecule has 2 rings (SSSR count). The summed E-state index contributed by atoms with van der Waals surface area (Å²) < 4.78 is 1.58. The van der Waals surface area contributed by atoms with Gasteiger partial charge in [0.25, 0.3) is 0 Å². The Morgan fingerprint density at radius 1 is 1.33 bits per heavy atom. The molecule has 2 aromatic rings. The fourth-order valence-corrected chi connectivity index (χ4v) is 1.97. The number of aryl methyl sites for hydroxylation is 2. The van der Waals surface area contributed by atoms with Crippen LogP contribution in [0.4, 0.5) is 0 Å². The molecule has 18 heavy (non-hydrogen) atoms. The fraction of sp³-hybridized carbons (Fsp3) is 0.231. The Kier molecular flexibility index (Phi) is 3.13. The highest BCUT2D eigenvalue weighted by atomic mass is 35.5. The van der Waals surface area contributed by atoms with Gasteiger partial charge in [0.1, 0.15) is 0 Å². The molecule has 0 aliphatic rings. The zero-order valence-electron chi connectivity index (χ0n) is 10.4. The highest BCUT2D eigenvalue weighted by molar-refractivity contribution is 6.31. The van der Waals surface area contributed by atoms with E-state index in [9.17, 15) is 9.90 Å². The zero-order chi connectivity index (χ0) is 13.4. The van der Waals surface area contributed by atoms with Gasteiger partial charge in [-0.2, -0.15) is 5.10 Å². The highest BCUT2D eigenvalue weighted by Gasteiger charge is 2.17. The van der Waals surface area contributed by atoms with Crippen LogP contribution in [0.5, 0.6) is 0 Å². The average molecular weight is 265 g/mol. The number of carbonyl (C=O) groups is 1. The van der Waals surface area contributed by atoms with E-state index in [0.717, 1.165) is 11.3 Å². The molecule has 0 amide bonds. The van der Waals surface area contributed by atoms with Gasteiger partial charge >= 0.3 is 5.97 Å². The third-order valence-corrected chi connectivity index (χ3v) is 3.36. The molecule has 94 valence electrons. The summed E-state index contributed by atoms with van der Waals surface area (Å²) in [5.41, 5.74) is 3.14. The number of aromatic carboxylic acids is 1. The molecule has 0 saturated heterocycles. The molecule has 0 unspecified atom stereocenters. The molecule has 1 aromatic heterocycles. The minimum atomic E-state index is -0.978. The maximum Gasteiger partial charge on any atom is 0.337 e. The fourth-order valence-electron chi connectivity index (χ4n) is 1.86. The second kappa shape index (κ2) is 4.46. The van der Waals surface area contributed by atoms with Crippen LogP contribution in [0.1, 0.15) is 27.3 Å². The number of hydrogen-bond donors (Lipinski definition) is 1. The summed E-state index contributed by atoms with van der Waals surface area (Å²) in [6.45, 7) is 5.51. The molecule has 0 bridgehead atoms. The van der Waals surface area contributed by atoms with Gasteiger partial charge in [-0.25, -0.2) is 9.48 Å². The van der Waals surface area contributed by atoms with Crippen molar-refractivity contribution in [3.63, 3.8) is 0 Å². The molecule has 0 saturated carbocycles. The summed E-state index contributed by atoms with van der Waals surface area (Å²) in [6.07, 6.45) is 0. The van der Waals surface area contributed by atoms with Gasteiger partial charge in [-0.05, 0) is 38.5 Å². The first-order valence-electron chi connectivity index (χ1n) is 5.48. The van der Waals surface area contributed by atoms with E-state index in [0.29, 0.717) is 16.4 Å². The van der Waals surface area contributed by atoms with E-state index in [1.807, 2.05) is 13.8 Å². The number of halogens is 1. The van der Waals surface area contributed by atoms with Crippen molar-refractivity contribution in [1.82, 2.24) is 9.78 Å². The molecule has 0 spiro atoms. The summed E-state index contributed by atoms with van der Waals surface area (Å²) >= 11 is 6.09. The van der Waals surface area contributed by atoms with Crippen LogP contribution >= 0.6 is 11.6 Å². The minimum absolute atomic E-state index is 0.211. The second-order valence-corrected chi connectivity index (χ2v) is 4.60. The average Bonchev–Trinajstić information content (AvgIpc) is 2.56. The van der Waals surface area contributed by atoms with Gasteiger partial charge in [-0.15, -0.1) is 0 Å². The van der Waals surface area contributed by atoms with Gasteiger partial charge in [-0.3, -0.25) is 0 Å². The maximum atomic E-state index is 11.2. The number of nitrogens with zero attached hydrogens (tertiary/aromatic N) is 2. The van der Waals surface area contributed by atoms with Gasteiger partial charge in [0.15, 0.2) is 0 Å². The number of hydrogen-bond acceptors (Lipinski definition) is 2. The topological polar surface area (TPSA) is 55.1 Å². The smallest absolute Gasteiger partial charge is 0.337 e. The van der Waals surface area contributed by atoms with Crippen LogP contribution in [0.15, 0.2) is 18.2 Å². The number of aromatic nitrogens is 2. The summed E-state index contributed by atoms with van der Waals surface area (Å²) in [6, 6.07) is 5.14. The lowest BCUT2D eigenvalue weighted by atomic mass is 10.1. The molecule has 1 N–H and O–H groups in total. The van der Waals surface area contributed by atoms with Crippen molar-refractivity contribution < 1.29 is 9.90 Å². The van der Waals surface area contributed by atoms with E-state index in [4.69, 9.17) is 11.6 Å². The van der Waals surface area contributed by atoms with Crippen LogP contribution in [-0.4, -0.2) is 20.9 Å². The van der Waals surface area contributed by atoms with Crippen LogP contribution in [0.2, 0.25) is 5.02 Å². The van der Waals surface area contributed by atoms with Gasteiger partial charge < -0.3 is 5.11 Å². The standard InChI is InChI=1S/C13H13ClN2O2/c1-7-4-5-10(13(17)18)11(6-7)16-9(3)12(14)8(2)15-16/h4-6H,1-3H3,(H,17,18). The lowest BCUT2D eigenvalue weighted by Crippen LogP contribution is -2.08. The third kappa shape index (κ3) is 1.99. The van der Waals surface area contributed by atoms with Crippen molar-refractivity contribution in [1.29, 1.82) is 0 Å². The van der Waals surface area contributed by atoms with E-state index in [1.165, 1.54) is 0 Å². The third-order valence-electron chi connectivity index (χ3n) is 2.81. The number of rotatable bonds is 2. The second-order valence-electron chi connectivity index (χ2n) is 4.22. The van der Waals surface area contributed by atoms with E-state index in [1.54, 1.807) is 29.8 Å². The Morgan fingerprint density at radius 3 is 2.50 bits per heavy atom. The van der Waals surface area contributed by atoms with Crippen LogP contribution in [-0.2, 0) is 0 Å². The summed E-state index contributed by atoms with van der Waals surface area (Å²) in [5, 5.41) is 14.1. The van der Waals surface area contributed by atoms with Gasteiger partial charge in [0, 0.05) is 0 Å². The van der Waals surface area contributed by atoms with E-state index < -0.39 is 5.97 Å². The lowest BCUT2D eigenvalue weighted by molar-refractivity contribution is 0.0696. The summed E-state index contributed by atoms with van der Waals surface area (Å²) in [7, 11) is 0. The normalized spacial score (nSPS) is 10.7. The van der Waals surface area contributed by atoms with Crippen molar-refractivity contribution in [3.05, 3.63) is 45.7 Å². The monoisotopic (exact) mass is 264 g/mol. The van der Waals surface area contributed by atoms with E-state index >= 15 is 0 Å². The SMILES string of the molecule is Cc1ccc(C(=O)O)c(-n2nc(C)c(Cl)c2C)c1. The van der Waals surface area contributed by atoms with Crippen molar-refractivity contribution in [2.24, 2.45) is 0 Å². The Balaban J connectivity index is 2.73. The highest BCUT2D eigenvalue weighted by Crippen LogP contribution is 2.25. The number of carboxylic acids is 1. The van der Waals surface area contributed by atoms with Crippen molar-refractivity contribution in [2.75, 3.05) is 0 Å². The predicted molar refractivity (Wildman–Crippen MR) is 69.7 cm³/mol. The molecular formula is C13H13ClN2O2. The Hall–Kier alpha value is -1.81. The van der Waals surface area contributed by atoms with Crippen LogP contribution in [0.25, 0.3) is 5.69 Å². The minimum Gasteiger partial charge on any atom is -0.478 e. The first-order valence-corrected chi connectivity index (χ1v) is 5.85. The molecule has 5 heteroatoms. The van der Waals surface area contributed by atoms with Crippen molar-refractivity contribution in [3.8, 4) is 5.69 Å². The first-order chi connectivity index (χ1) is 8.41. The first kappa shape index (κ1) is 12.6. The molecule has 1 heterocycles. The zero-order valence-corrected chi connectivity index (χ0v) is 11.1. The van der Waals surface area contributed by atoms with E-state index in [-0.39, 0.29) is 5.56 Å². The lowest BCUT2D eigenvalue weighted by Gasteiger charge is -2.09. The number of carboxylic acid groups (broad SMARTS) is 1. The molecule has 0 atom stereocenters. The maximum absolute atomic E-state index is 11.2. The van der Waals surface area contributed by atoms with Gasteiger partial charge in [-0.1, -0.05) is 17.7 Å². The quantitative estimate of drug-likeness (QED) is 0.907. The Bertz CT molecular complexity index is 632. The molecule has 0 fully saturated rings. The number of benzene rings is 1.